The number of rotatable bonds is 2. The van der Waals surface area contributed by atoms with Crippen LogP contribution in [-0.4, -0.2) is 47.5 Å². The summed E-state index contributed by atoms with van der Waals surface area (Å²) >= 11 is 0. The minimum atomic E-state index is 0.137. The molecule has 0 atom stereocenters. The van der Waals surface area contributed by atoms with Crippen LogP contribution in [0.25, 0.3) is 16.7 Å². The van der Waals surface area contributed by atoms with E-state index in [0.717, 1.165) is 79.9 Å². The van der Waals surface area contributed by atoms with Gasteiger partial charge >= 0.3 is 0 Å². The van der Waals surface area contributed by atoms with E-state index in [4.69, 9.17) is 4.98 Å². The fraction of sp³-hybridized carbons (Fsp3) is 0.480. The molecule has 2 saturated heterocycles. The Balaban J connectivity index is 1.76. The van der Waals surface area contributed by atoms with E-state index < -0.39 is 0 Å². The highest BCUT2D eigenvalue weighted by molar-refractivity contribution is 5.86. The Morgan fingerprint density at radius 2 is 1.71 bits per heavy atom. The van der Waals surface area contributed by atoms with Crippen LogP contribution in [0.5, 0.6) is 0 Å². The van der Waals surface area contributed by atoms with Gasteiger partial charge in [-0.25, -0.2) is 4.98 Å². The standard InChI is InChI=1S/C25H28N6/c1-17-23(19-9-11-29(2)12-10-19)20(16-27)24-28-21-5-3-4-6-22(21)31(24)25(17)30-13-7-18(15-26)8-14-30/h3-6,18-19H,7-14H2,1-2H3. The van der Waals surface area contributed by atoms with Crippen molar-refractivity contribution in [2.75, 3.05) is 38.1 Å². The second kappa shape index (κ2) is 7.87. The number of aromatic nitrogens is 2. The summed E-state index contributed by atoms with van der Waals surface area (Å²) < 4.78 is 2.20. The van der Waals surface area contributed by atoms with Crippen molar-refractivity contribution in [2.24, 2.45) is 5.92 Å². The predicted molar refractivity (Wildman–Crippen MR) is 122 cm³/mol. The molecule has 0 spiro atoms. The largest absolute Gasteiger partial charge is 0.357 e. The van der Waals surface area contributed by atoms with E-state index in [1.807, 2.05) is 18.2 Å². The molecule has 2 aromatic heterocycles. The SMILES string of the molecule is Cc1c(C2CCN(C)CC2)c(C#N)c2nc3ccccc3n2c1N1CCC(C#N)CC1. The van der Waals surface area contributed by atoms with Gasteiger partial charge in [0.05, 0.1) is 22.7 Å². The van der Waals surface area contributed by atoms with Gasteiger partial charge in [0, 0.05) is 19.0 Å². The predicted octanol–water partition coefficient (Wildman–Crippen LogP) is 4.22. The molecule has 2 aliphatic rings. The van der Waals surface area contributed by atoms with Crippen LogP contribution in [0.4, 0.5) is 5.82 Å². The highest BCUT2D eigenvalue weighted by Gasteiger charge is 2.31. The topological polar surface area (TPSA) is 71.4 Å². The number of benzene rings is 1. The molecule has 3 aromatic rings. The van der Waals surface area contributed by atoms with E-state index in [-0.39, 0.29) is 5.92 Å². The van der Waals surface area contributed by atoms with Gasteiger partial charge in [0.25, 0.3) is 0 Å². The van der Waals surface area contributed by atoms with Gasteiger partial charge < -0.3 is 9.80 Å². The van der Waals surface area contributed by atoms with Gasteiger partial charge in [0.1, 0.15) is 11.9 Å². The van der Waals surface area contributed by atoms with Crippen LogP contribution in [0.2, 0.25) is 0 Å². The van der Waals surface area contributed by atoms with Crippen molar-refractivity contribution in [1.82, 2.24) is 14.3 Å². The van der Waals surface area contributed by atoms with E-state index >= 15 is 0 Å². The van der Waals surface area contributed by atoms with Crippen LogP contribution in [0.15, 0.2) is 24.3 Å². The zero-order valence-corrected chi connectivity index (χ0v) is 18.3. The first kappa shape index (κ1) is 19.8. The number of fused-ring (bicyclic) bond motifs is 3. The average molecular weight is 413 g/mol. The molecule has 0 aliphatic carbocycles. The summed E-state index contributed by atoms with van der Waals surface area (Å²) in [4.78, 5) is 9.72. The third-order valence-electron chi connectivity index (χ3n) is 7.22. The normalized spacial score (nSPS) is 19.0. The summed E-state index contributed by atoms with van der Waals surface area (Å²) in [6, 6.07) is 13.1. The highest BCUT2D eigenvalue weighted by atomic mass is 15.2. The Bertz CT molecular complexity index is 1210. The summed E-state index contributed by atoms with van der Waals surface area (Å²) in [5.41, 5.74) is 5.88. The monoisotopic (exact) mass is 412 g/mol. The maximum absolute atomic E-state index is 10.3. The number of nitriles is 2. The van der Waals surface area contributed by atoms with Gasteiger partial charge in [0.15, 0.2) is 5.65 Å². The highest BCUT2D eigenvalue weighted by Crippen LogP contribution is 2.40. The second-order valence-corrected chi connectivity index (χ2v) is 9.08. The molecule has 4 heterocycles. The minimum Gasteiger partial charge on any atom is -0.357 e. The summed E-state index contributed by atoms with van der Waals surface area (Å²) in [6.07, 6.45) is 3.90. The molecule has 0 radical (unpaired) electrons. The number of hydrogen-bond donors (Lipinski definition) is 0. The van der Waals surface area contributed by atoms with Crippen LogP contribution in [0.1, 0.15) is 48.3 Å². The number of pyridine rings is 1. The Hall–Kier alpha value is -3.09. The third-order valence-corrected chi connectivity index (χ3v) is 7.22. The van der Waals surface area contributed by atoms with E-state index in [0.29, 0.717) is 5.92 Å². The average Bonchev–Trinajstić information content (AvgIpc) is 3.18. The molecule has 0 bridgehead atoms. The molecule has 0 saturated carbocycles. The fourth-order valence-electron chi connectivity index (χ4n) is 5.52. The number of imidazole rings is 1. The minimum absolute atomic E-state index is 0.137. The van der Waals surface area contributed by atoms with Crippen molar-refractivity contribution >= 4 is 22.5 Å². The molecule has 5 rings (SSSR count). The lowest BCUT2D eigenvalue weighted by Gasteiger charge is -2.36. The van der Waals surface area contributed by atoms with Crippen molar-refractivity contribution in [3.63, 3.8) is 0 Å². The Morgan fingerprint density at radius 1 is 1.00 bits per heavy atom. The maximum atomic E-state index is 10.3. The first-order valence-corrected chi connectivity index (χ1v) is 11.3. The maximum Gasteiger partial charge on any atom is 0.157 e. The van der Waals surface area contributed by atoms with E-state index in [1.54, 1.807) is 0 Å². The quantitative estimate of drug-likeness (QED) is 0.630. The molecule has 6 nitrogen and oxygen atoms in total. The number of anilines is 1. The molecule has 2 aliphatic heterocycles. The zero-order valence-electron chi connectivity index (χ0n) is 18.3. The lowest BCUT2D eigenvalue weighted by molar-refractivity contribution is 0.255. The van der Waals surface area contributed by atoms with E-state index in [9.17, 15) is 10.5 Å². The van der Waals surface area contributed by atoms with Crippen molar-refractivity contribution in [2.45, 2.75) is 38.5 Å². The Kier molecular flexibility index (Phi) is 5.04. The van der Waals surface area contributed by atoms with E-state index in [2.05, 4.69) is 46.4 Å². The van der Waals surface area contributed by atoms with Crippen LogP contribution in [-0.2, 0) is 0 Å². The smallest absolute Gasteiger partial charge is 0.157 e. The summed E-state index contributed by atoms with van der Waals surface area (Å²) in [5, 5.41) is 19.6. The lowest BCUT2D eigenvalue weighted by Crippen LogP contribution is -2.36. The summed E-state index contributed by atoms with van der Waals surface area (Å²) in [5.74, 6) is 1.68. The van der Waals surface area contributed by atoms with Crippen LogP contribution < -0.4 is 4.90 Å². The summed E-state index contributed by atoms with van der Waals surface area (Å²) in [7, 11) is 2.17. The van der Waals surface area contributed by atoms with Crippen LogP contribution >= 0.6 is 0 Å². The molecule has 158 valence electrons. The number of likely N-dealkylation sites (tertiary alicyclic amines) is 1. The molecular formula is C25H28N6. The fourth-order valence-corrected chi connectivity index (χ4v) is 5.52. The van der Waals surface area contributed by atoms with Gasteiger partial charge in [-0.15, -0.1) is 0 Å². The third kappa shape index (κ3) is 3.23. The van der Waals surface area contributed by atoms with Gasteiger partial charge in [0.2, 0.25) is 0 Å². The van der Waals surface area contributed by atoms with Gasteiger partial charge in [-0.3, -0.25) is 4.40 Å². The Labute approximate surface area is 183 Å². The molecular weight excluding hydrogens is 384 g/mol. The first-order valence-electron chi connectivity index (χ1n) is 11.3. The molecule has 31 heavy (non-hydrogen) atoms. The van der Waals surface area contributed by atoms with Crippen molar-refractivity contribution in [1.29, 1.82) is 10.5 Å². The number of nitrogens with zero attached hydrogens (tertiary/aromatic N) is 6. The zero-order chi connectivity index (χ0) is 21.5. The molecule has 2 fully saturated rings. The van der Waals surface area contributed by atoms with Crippen molar-refractivity contribution < 1.29 is 0 Å². The second-order valence-electron chi connectivity index (χ2n) is 9.08. The van der Waals surface area contributed by atoms with Gasteiger partial charge in [-0.1, -0.05) is 12.1 Å². The van der Waals surface area contributed by atoms with Crippen molar-refractivity contribution in [3.8, 4) is 12.1 Å². The van der Waals surface area contributed by atoms with E-state index in [1.165, 1.54) is 11.1 Å². The molecule has 1 aromatic carbocycles. The lowest BCUT2D eigenvalue weighted by atomic mass is 9.84. The van der Waals surface area contributed by atoms with Crippen molar-refractivity contribution in [3.05, 3.63) is 41.0 Å². The molecule has 0 unspecified atom stereocenters. The molecule has 0 amide bonds. The number of hydrogen-bond acceptors (Lipinski definition) is 5. The van der Waals surface area contributed by atoms with Gasteiger partial charge in [-0.2, -0.15) is 10.5 Å². The molecule has 6 heteroatoms. The van der Waals surface area contributed by atoms with Crippen LogP contribution in [0.3, 0.4) is 0 Å². The number of piperidine rings is 2. The number of para-hydroxylation sites is 2. The summed E-state index contributed by atoms with van der Waals surface area (Å²) in [6.45, 7) is 6.02. The Morgan fingerprint density at radius 3 is 2.39 bits per heavy atom. The van der Waals surface area contributed by atoms with Crippen LogP contribution in [0, 0.1) is 35.5 Å². The van der Waals surface area contributed by atoms with Gasteiger partial charge in [-0.05, 0) is 81.9 Å². The molecule has 0 N–H and O–H groups in total. The first-order chi connectivity index (χ1) is 15.1.